The van der Waals surface area contributed by atoms with Crippen molar-refractivity contribution in [2.45, 2.75) is 31.8 Å². The van der Waals surface area contributed by atoms with Gasteiger partial charge in [0.1, 0.15) is 6.54 Å². The number of pyridine rings is 1. The minimum absolute atomic E-state index is 0.0992. The van der Waals surface area contributed by atoms with Crippen molar-refractivity contribution in [1.82, 2.24) is 24.4 Å². The Kier molecular flexibility index (Phi) is 5.41. The van der Waals surface area contributed by atoms with E-state index < -0.39 is 0 Å². The van der Waals surface area contributed by atoms with Crippen LogP contribution in [-0.4, -0.2) is 50.0 Å². The summed E-state index contributed by atoms with van der Waals surface area (Å²) in [6.45, 7) is 0.991. The van der Waals surface area contributed by atoms with Crippen LogP contribution < -0.4 is 11.0 Å². The molecule has 4 rings (SSSR count). The van der Waals surface area contributed by atoms with Gasteiger partial charge in [-0.15, -0.1) is 5.10 Å². The van der Waals surface area contributed by atoms with Gasteiger partial charge in [-0.05, 0) is 30.5 Å². The third-order valence-electron chi connectivity index (χ3n) is 5.16. The summed E-state index contributed by atoms with van der Waals surface area (Å²) >= 11 is 0. The summed E-state index contributed by atoms with van der Waals surface area (Å²) in [5.74, 6) is -0.179. The Balaban J connectivity index is 1.28. The zero-order valence-corrected chi connectivity index (χ0v) is 16.0. The molecule has 1 atom stereocenters. The molecule has 8 heteroatoms. The van der Waals surface area contributed by atoms with Crippen molar-refractivity contribution < 1.29 is 9.59 Å². The Labute approximate surface area is 167 Å². The van der Waals surface area contributed by atoms with Crippen LogP contribution in [0.25, 0.3) is 5.65 Å². The molecule has 1 N–H and O–H groups in total. The van der Waals surface area contributed by atoms with Crippen molar-refractivity contribution >= 4 is 17.5 Å². The lowest BCUT2D eigenvalue weighted by Gasteiger charge is -2.17. The summed E-state index contributed by atoms with van der Waals surface area (Å²) in [7, 11) is 0. The van der Waals surface area contributed by atoms with Gasteiger partial charge < -0.3 is 10.2 Å². The predicted molar refractivity (Wildman–Crippen MR) is 107 cm³/mol. The van der Waals surface area contributed by atoms with Gasteiger partial charge in [-0.3, -0.25) is 14.0 Å². The molecule has 2 aromatic heterocycles. The number of aryl methyl sites for hydroxylation is 1. The monoisotopic (exact) mass is 393 g/mol. The Bertz CT molecular complexity index is 1070. The fourth-order valence-corrected chi connectivity index (χ4v) is 3.64. The van der Waals surface area contributed by atoms with Gasteiger partial charge in [0.2, 0.25) is 11.8 Å². The van der Waals surface area contributed by atoms with E-state index in [0.29, 0.717) is 38.0 Å². The molecule has 1 aliphatic heterocycles. The third kappa shape index (κ3) is 4.37. The average molecular weight is 393 g/mol. The summed E-state index contributed by atoms with van der Waals surface area (Å²) in [5.41, 5.74) is 1.30. The number of nitrogens with one attached hydrogen (secondary N) is 1. The highest BCUT2D eigenvalue weighted by atomic mass is 16.2. The van der Waals surface area contributed by atoms with Gasteiger partial charge >= 0.3 is 5.69 Å². The second kappa shape index (κ2) is 8.30. The van der Waals surface area contributed by atoms with E-state index >= 15 is 0 Å². The van der Waals surface area contributed by atoms with Crippen molar-refractivity contribution in [2.75, 3.05) is 13.1 Å². The maximum absolute atomic E-state index is 12.4. The number of fused-ring (bicyclic) bond motifs is 1. The Morgan fingerprint density at radius 3 is 2.69 bits per heavy atom. The van der Waals surface area contributed by atoms with Crippen LogP contribution in [0.15, 0.2) is 59.5 Å². The maximum Gasteiger partial charge on any atom is 0.350 e. The van der Waals surface area contributed by atoms with Crippen molar-refractivity contribution in [3.63, 3.8) is 0 Å². The van der Waals surface area contributed by atoms with Crippen LogP contribution >= 0.6 is 0 Å². The lowest BCUT2D eigenvalue weighted by atomic mass is 10.1. The SMILES string of the molecule is O=C(Cn1nc2ccccn2c1=O)NC1CCN(C(=O)CCc2ccccc2)C1. The molecule has 2 amide bonds. The minimum Gasteiger partial charge on any atom is -0.350 e. The molecule has 1 saturated heterocycles. The molecule has 0 aliphatic carbocycles. The van der Waals surface area contributed by atoms with E-state index in [2.05, 4.69) is 10.4 Å². The number of hydrogen-bond acceptors (Lipinski definition) is 4. The van der Waals surface area contributed by atoms with E-state index in [1.807, 2.05) is 30.3 Å². The van der Waals surface area contributed by atoms with Crippen LogP contribution in [0.4, 0.5) is 0 Å². The molecule has 1 unspecified atom stereocenters. The quantitative estimate of drug-likeness (QED) is 0.672. The number of hydrogen-bond donors (Lipinski definition) is 1. The molecule has 1 fully saturated rings. The summed E-state index contributed by atoms with van der Waals surface area (Å²) in [6.07, 6.45) is 3.50. The summed E-state index contributed by atoms with van der Waals surface area (Å²) in [4.78, 5) is 38.9. The number of carbonyl (C=O) groups is 2. The second-order valence-corrected chi connectivity index (χ2v) is 7.25. The Morgan fingerprint density at radius 1 is 1.10 bits per heavy atom. The molecule has 1 aromatic carbocycles. The first-order valence-corrected chi connectivity index (χ1v) is 9.75. The smallest absolute Gasteiger partial charge is 0.350 e. The maximum atomic E-state index is 12.4. The number of nitrogens with zero attached hydrogens (tertiary/aromatic N) is 4. The molecule has 0 spiro atoms. The minimum atomic E-state index is -0.347. The largest absolute Gasteiger partial charge is 0.350 e. The number of likely N-dealkylation sites (tertiary alicyclic amines) is 1. The number of carbonyl (C=O) groups excluding carboxylic acids is 2. The molecule has 8 nitrogen and oxygen atoms in total. The number of rotatable bonds is 6. The van der Waals surface area contributed by atoms with Crippen LogP contribution in [-0.2, 0) is 22.6 Å². The standard InChI is InChI=1S/C21H23N5O3/c27-19(15-26-21(29)25-12-5-4-8-18(25)23-26)22-17-11-13-24(14-17)20(28)10-9-16-6-2-1-3-7-16/h1-8,12,17H,9-11,13-15H2,(H,22,27). The Hall–Kier alpha value is -3.42. The number of benzene rings is 1. The van der Waals surface area contributed by atoms with Crippen LogP contribution in [0, 0.1) is 0 Å². The first-order valence-electron chi connectivity index (χ1n) is 9.75. The fraction of sp³-hybridized carbons (Fsp3) is 0.333. The molecule has 150 valence electrons. The zero-order chi connectivity index (χ0) is 20.2. The summed E-state index contributed by atoms with van der Waals surface area (Å²) < 4.78 is 2.55. The molecule has 0 radical (unpaired) electrons. The van der Waals surface area contributed by atoms with E-state index in [4.69, 9.17) is 0 Å². The van der Waals surface area contributed by atoms with E-state index in [0.717, 1.165) is 10.2 Å². The third-order valence-corrected chi connectivity index (χ3v) is 5.16. The lowest BCUT2D eigenvalue weighted by Crippen LogP contribution is -2.41. The Morgan fingerprint density at radius 2 is 1.90 bits per heavy atom. The molecule has 0 saturated carbocycles. The van der Waals surface area contributed by atoms with Crippen molar-refractivity contribution in [1.29, 1.82) is 0 Å². The fourth-order valence-electron chi connectivity index (χ4n) is 3.64. The van der Waals surface area contributed by atoms with Crippen molar-refractivity contribution in [3.05, 3.63) is 70.8 Å². The average Bonchev–Trinajstić information content (AvgIpc) is 3.32. The highest BCUT2D eigenvalue weighted by molar-refractivity contribution is 5.78. The van der Waals surface area contributed by atoms with Crippen molar-refractivity contribution in [2.24, 2.45) is 0 Å². The first-order chi connectivity index (χ1) is 14.1. The predicted octanol–water partition coefficient (Wildman–Crippen LogP) is 0.846. The highest BCUT2D eigenvalue weighted by Gasteiger charge is 2.27. The normalized spacial score (nSPS) is 16.3. The van der Waals surface area contributed by atoms with Gasteiger partial charge in [-0.1, -0.05) is 36.4 Å². The van der Waals surface area contributed by atoms with Crippen LogP contribution in [0.2, 0.25) is 0 Å². The van der Waals surface area contributed by atoms with Crippen LogP contribution in [0.3, 0.4) is 0 Å². The van der Waals surface area contributed by atoms with Gasteiger partial charge in [-0.2, -0.15) is 0 Å². The molecule has 3 heterocycles. The number of amides is 2. The molecule has 29 heavy (non-hydrogen) atoms. The number of aromatic nitrogens is 3. The molecule has 1 aliphatic rings. The van der Waals surface area contributed by atoms with Crippen LogP contribution in [0.5, 0.6) is 0 Å². The van der Waals surface area contributed by atoms with E-state index in [9.17, 15) is 14.4 Å². The first kappa shape index (κ1) is 18.9. The van der Waals surface area contributed by atoms with E-state index in [1.54, 1.807) is 29.3 Å². The second-order valence-electron chi connectivity index (χ2n) is 7.25. The van der Waals surface area contributed by atoms with E-state index in [1.165, 1.54) is 4.40 Å². The summed E-state index contributed by atoms with van der Waals surface area (Å²) in [6, 6.07) is 15.1. The van der Waals surface area contributed by atoms with Gasteiger partial charge in [0.25, 0.3) is 0 Å². The van der Waals surface area contributed by atoms with Gasteiger partial charge in [-0.25, -0.2) is 9.48 Å². The molecular weight excluding hydrogens is 370 g/mol. The topological polar surface area (TPSA) is 88.7 Å². The van der Waals surface area contributed by atoms with Gasteiger partial charge in [0.15, 0.2) is 5.65 Å². The van der Waals surface area contributed by atoms with Gasteiger partial charge in [0, 0.05) is 31.7 Å². The zero-order valence-electron chi connectivity index (χ0n) is 16.0. The van der Waals surface area contributed by atoms with Crippen molar-refractivity contribution in [3.8, 4) is 0 Å². The molecular formula is C21H23N5O3. The highest BCUT2D eigenvalue weighted by Crippen LogP contribution is 2.12. The van der Waals surface area contributed by atoms with Crippen LogP contribution in [0.1, 0.15) is 18.4 Å². The molecule has 3 aromatic rings. The lowest BCUT2D eigenvalue weighted by molar-refractivity contribution is -0.130. The van der Waals surface area contributed by atoms with E-state index in [-0.39, 0.29) is 30.1 Å². The summed E-state index contributed by atoms with van der Waals surface area (Å²) in [5, 5.41) is 7.08. The molecule has 0 bridgehead atoms. The van der Waals surface area contributed by atoms with Gasteiger partial charge in [0.05, 0.1) is 0 Å².